The first kappa shape index (κ1) is 22.1. The van der Waals surface area contributed by atoms with E-state index in [0.717, 1.165) is 5.56 Å². The van der Waals surface area contributed by atoms with Gasteiger partial charge in [-0.1, -0.05) is 29.8 Å². The number of carbonyl (C=O) groups is 2. The highest BCUT2D eigenvalue weighted by Gasteiger charge is 2.12. The standard InChI is InChI=1S/C23H22ClN3O4/c1-30-21-13-16(8-9-20(21)31-15-17-5-2-3-7-19(17)24)23(29)26-12-10-22(28)27-18-6-4-11-25-14-18/h2-9,11,13-14H,10,12,15H2,1H3,(H,26,29)(H,27,28). The van der Waals surface area contributed by atoms with Crippen molar-refractivity contribution in [1.82, 2.24) is 10.3 Å². The Labute approximate surface area is 185 Å². The van der Waals surface area contributed by atoms with Gasteiger partial charge in [0.25, 0.3) is 5.91 Å². The number of nitrogens with one attached hydrogen (secondary N) is 2. The van der Waals surface area contributed by atoms with Crippen LogP contribution in [0.1, 0.15) is 22.3 Å². The monoisotopic (exact) mass is 439 g/mol. The Kier molecular flexibility index (Phi) is 7.84. The minimum absolute atomic E-state index is 0.136. The molecule has 0 atom stereocenters. The molecule has 0 aliphatic carbocycles. The minimum Gasteiger partial charge on any atom is -0.493 e. The number of nitrogens with zero attached hydrogens (tertiary/aromatic N) is 1. The van der Waals surface area contributed by atoms with E-state index in [-0.39, 0.29) is 31.4 Å². The number of hydrogen-bond acceptors (Lipinski definition) is 5. The zero-order valence-corrected chi connectivity index (χ0v) is 17.7. The molecule has 0 aliphatic rings. The number of amides is 2. The zero-order valence-electron chi connectivity index (χ0n) is 16.9. The van der Waals surface area contributed by atoms with E-state index in [0.29, 0.717) is 27.8 Å². The average Bonchev–Trinajstić information content (AvgIpc) is 2.79. The number of aromatic nitrogens is 1. The van der Waals surface area contributed by atoms with Gasteiger partial charge in [-0.25, -0.2) is 0 Å². The van der Waals surface area contributed by atoms with Crippen LogP contribution < -0.4 is 20.1 Å². The minimum atomic E-state index is -0.315. The van der Waals surface area contributed by atoms with Crippen LogP contribution in [0.25, 0.3) is 0 Å². The Bertz CT molecular complexity index is 1040. The first-order valence-electron chi connectivity index (χ1n) is 9.59. The van der Waals surface area contributed by atoms with Gasteiger partial charge in [0.15, 0.2) is 11.5 Å². The number of hydrogen-bond donors (Lipinski definition) is 2. The van der Waals surface area contributed by atoms with Crippen LogP contribution in [0, 0.1) is 0 Å². The molecule has 0 fully saturated rings. The highest BCUT2D eigenvalue weighted by atomic mass is 35.5. The van der Waals surface area contributed by atoms with E-state index >= 15 is 0 Å². The van der Waals surface area contributed by atoms with E-state index in [1.165, 1.54) is 7.11 Å². The number of rotatable bonds is 9. The molecule has 1 heterocycles. The van der Waals surface area contributed by atoms with Gasteiger partial charge >= 0.3 is 0 Å². The lowest BCUT2D eigenvalue weighted by Gasteiger charge is -2.13. The highest BCUT2D eigenvalue weighted by molar-refractivity contribution is 6.31. The molecular weight excluding hydrogens is 418 g/mol. The maximum absolute atomic E-state index is 12.4. The van der Waals surface area contributed by atoms with Gasteiger partial charge in [0.05, 0.1) is 19.0 Å². The molecule has 3 aromatic rings. The third-order valence-electron chi connectivity index (χ3n) is 4.35. The summed E-state index contributed by atoms with van der Waals surface area (Å²) in [5, 5.41) is 6.05. The van der Waals surface area contributed by atoms with Gasteiger partial charge in [-0.3, -0.25) is 14.6 Å². The summed E-state index contributed by atoms with van der Waals surface area (Å²) in [7, 11) is 1.50. The van der Waals surface area contributed by atoms with Gasteiger partial charge in [0.2, 0.25) is 5.91 Å². The maximum Gasteiger partial charge on any atom is 0.251 e. The highest BCUT2D eigenvalue weighted by Crippen LogP contribution is 2.29. The fraction of sp³-hybridized carbons (Fsp3) is 0.174. The molecule has 31 heavy (non-hydrogen) atoms. The molecule has 0 radical (unpaired) electrons. The molecule has 2 N–H and O–H groups in total. The lowest BCUT2D eigenvalue weighted by Crippen LogP contribution is -2.27. The third-order valence-corrected chi connectivity index (χ3v) is 4.72. The third kappa shape index (κ3) is 6.45. The molecule has 2 aromatic carbocycles. The van der Waals surface area contributed by atoms with Crippen molar-refractivity contribution in [3.05, 3.63) is 83.1 Å². The van der Waals surface area contributed by atoms with Crippen LogP contribution in [0.3, 0.4) is 0 Å². The van der Waals surface area contributed by atoms with Crippen LogP contribution in [0.5, 0.6) is 11.5 Å². The first-order valence-corrected chi connectivity index (χ1v) is 9.97. The molecule has 0 aliphatic heterocycles. The normalized spacial score (nSPS) is 10.3. The molecule has 2 amide bonds. The quantitative estimate of drug-likeness (QED) is 0.524. The number of halogens is 1. The average molecular weight is 440 g/mol. The van der Waals surface area contributed by atoms with Crippen molar-refractivity contribution in [2.24, 2.45) is 0 Å². The summed E-state index contributed by atoms with van der Waals surface area (Å²) in [6.45, 7) is 0.464. The number of benzene rings is 2. The van der Waals surface area contributed by atoms with E-state index in [4.69, 9.17) is 21.1 Å². The van der Waals surface area contributed by atoms with Gasteiger partial charge in [-0.05, 0) is 36.4 Å². The molecule has 0 saturated heterocycles. The number of carbonyl (C=O) groups excluding carboxylic acids is 2. The molecule has 3 rings (SSSR count). The number of ether oxygens (including phenoxy) is 2. The molecule has 8 heteroatoms. The first-order chi connectivity index (χ1) is 15.1. The maximum atomic E-state index is 12.4. The van der Waals surface area contributed by atoms with Crippen molar-refractivity contribution in [2.75, 3.05) is 19.0 Å². The van der Waals surface area contributed by atoms with Gasteiger partial charge < -0.3 is 20.1 Å². The van der Waals surface area contributed by atoms with Crippen LogP contribution in [0.2, 0.25) is 5.02 Å². The summed E-state index contributed by atoms with van der Waals surface area (Å²) in [6.07, 6.45) is 3.31. The molecular formula is C23H22ClN3O4. The predicted molar refractivity (Wildman–Crippen MR) is 119 cm³/mol. The van der Waals surface area contributed by atoms with Crippen LogP contribution in [0.4, 0.5) is 5.69 Å². The Morgan fingerprint density at radius 1 is 1.06 bits per heavy atom. The van der Waals surface area contributed by atoms with Crippen molar-refractivity contribution in [3.8, 4) is 11.5 Å². The van der Waals surface area contributed by atoms with Crippen molar-refractivity contribution in [3.63, 3.8) is 0 Å². The van der Waals surface area contributed by atoms with Gasteiger partial charge in [-0.2, -0.15) is 0 Å². The Hall–Kier alpha value is -3.58. The number of anilines is 1. The van der Waals surface area contributed by atoms with Crippen LogP contribution in [-0.4, -0.2) is 30.5 Å². The summed E-state index contributed by atoms with van der Waals surface area (Å²) in [4.78, 5) is 28.3. The summed E-state index contributed by atoms with van der Waals surface area (Å²) in [5.41, 5.74) is 1.85. The van der Waals surface area contributed by atoms with Crippen LogP contribution in [0.15, 0.2) is 67.0 Å². The second kappa shape index (κ2) is 11.0. The SMILES string of the molecule is COc1cc(C(=O)NCCC(=O)Nc2cccnc2)ccc1OCc1ccccc1Cl. The van der Waals surface area contributed by atoms with E-state index in [9.17, 15) is 9.59 Å². The second-order valence-corrected chi connectivity index (χ2v) is 6.95. The molecule has 7 nitrogen and oxygen atoms in total. The molecule has 160 valence electrons. The number of methoxy groups -OCH3 is 1. The van der Waals surface area contributed by atoms with E-state index in [2.05, 4.69) is 15.6 Å². The predicted octanol–water partition coefficient (Wildman–Crippen LogP) is 4.08. The fourth-order valence-electron chi connectivity index (χ4n) is 2.75. The van der Waals surface area contributed by atoms with Gasteiger partial charge in [-0.15, -0.1) is 0 Å². The summed E-state index contributed by atoms with van der Waals surface area (Å²) in [6, 6.07) is 15.8. The van der Waals surface area contributed by atoms with Gasteiger partial charge in [0.1, 0.15) is 6.61 Å². The van der Waals surface area contributed by atoms with Crippen molar-refractivity contribution >= 4 is 29.1 Å². The number of pyridine rings is 1. The van der Waals surface area contributed by atoms with E-state index in [1.807, 2.05) is 18.2 Å². The summed E-state index contributed by atoms with van der Waals surface area (Å²) in [5.74, 6) is 0.392. The van der Waals surface area contributed by atoms with E-state index < -0.39 is 0 Å². The Morgan fingerprint density at radius 3 is 2.65 bits per heavy atom. The van der Waals surface area contributed by atoms with Crippen molar-refractivity contribution in [1.29, 1.82) is 0 Å². The topological polar surface area (TPSA) is 89.5 Å². The summed E-state index contributed by atoms with van der Waals surface area (Å²) >= 11 is 6.15. The van der Waals surface area contributed by atoms with Crippen LogP contribution in [-0.2, 0) is 11.4 Å². The van der Waals surface area contributed by atoms with Crippen molar-refractivity contribution < 1.29 is 19.1 Å². The molecule has 0 bridgehead atoms. The molecule has 0 unspecified atom stereocenters. The lowest BCUT2D eigenvalue weighted by atomic mass is 10.2. The molecule has 0 spiro atoms. The Morgan fingerprint density at radius 2 is 1.90 bits per heavy atom. The smallest absolute Gasteiger partial charge is 0.251 e. The summed E-state index contributed by atoms with van der Waals surface area (Å²) < 4.78 is 11.2. The van der Waals surface area contributed by atoms with E-state index in [1.54, 1.807) is 48.8 Å². The Balaban J connectivity index is 1.52. The largest absolute Gasteiger partial charge is 0.493 e. The van der Waals surface area contributed by atoms with Crippen molar-refractivity contribution in [2.45, 2.75) is 13.0 Å². The lowest BCUT2D eigenvalue weighted by molar-refractivity contribution is -0.116. The second-order valence-electron chi connectivity index (χ2n) is 6.54. The molecule has 1 aromatic heterocycles. The molecule has 0 saturated carbocycles. The van der Waals surface area contributed by atoms with Gasteiger partial charge in [0, 0.05) is 35.3 Å². The van der Waals surface area contributed by atoms with Crippen LogP contribution >= 0.6 is 11.6 Å². The zero-order chi connectivity index (χ0) is 22.1. The fourth-order valence-corrected chi connectivity index (χ4v) is 2.94.